The van der Waals surface area contributed by atoms with Crippen molar-refractivity contribution in [3.63, 3.8) is 0 Å². The van der Waals surface area contributed by atoms with Crippen LogP contribution < -0.4 is 4.90 Å². The van der Waals surface area contributed by atoms with Crippen molar-refractivity contribution in [1.82, 2.24) is 9.80 Å². The number of rotatable bonds is 4. The summed E-state index contributed by atoms with van der Waals surface area (Å²) in [5.74, 6) is -2.34. The van der Waals surface area contributed by atoms with E-state index in [1.807, 2.05) is 63.3 Å². The van der Waals surface area contributed by atoms with Crippen LogP contribution in [0.1, 0.15) is 24.5 Å². The van der Waals surface area contributed by atoms with Gasteiger partial charge in [-0.25, -0.2) is 0 Å². The average molecular weight is 480 g/mol. The minimum absolute atomic E-state index is 0.00293. The van der Waals surface area contributed by atoms with E-state index >= 15 is 0 Å². The number of hydrogen-bond donors (Lipinski definition) is 1. The maximum absolute atomic E-state index is 14.3. The van der Waals surface area contributed by atoms with Crippen LogP contribution in [0.4, 0.5) is 5.69 Å². The summed E-state index contributed by atoms with van der Waals surface area (Å²) in [5, 5.41) is 9.82. The molecule has 4 aliphatic rings. The van der Waals surface area contributed by atoms with Crippen LogP contribution in [0.2, 0.25) is 0 Å². The number of carbonyl (C=O) groups is 3. The van der Waals surface area contributed by atoms with Crippen molar-refractivity contribution in [3.05, 3.63) is 53.6 Å². The monoisotopic (exact) mass is 479 g/mol. The summed E-state index contributed by atoms with van der Waals surface area (Å²) in [6, 6.07) is 4.97. The number of likely N-dealkylation sites (N-methyl/N-ethyl adjacent to an activating group) is 1. The highest BCUT2D eigenvalue weighted by molar-refractivity contribution is 6.06. The predicted molar refractivity (Wildman–Crippen MR) is 131 cm³/mol. The molecule has 5 rings (SSSR count). The normalized spacial score (nSPS) is 34.1. The van der Waals surface area contributed by atoms with E-state index in [1.54, 1.807) is 16.8 Å². The molecule has 186 valence electrons. The van der Waals surface area contributed by atoms with Crippen LogP contribution in [-0.4, -0.2) is 83.2 Å². The molecule has 1 N–H and O–H groups in total. The molecule has 0 bridgehead atoms. The fourth-order valence-corrected chi connectivity index (χ4v) is 6.46. The van der Waals surface area contributed by atoms with Crippen molar-refractivity contribution in [1.29, 1.82) is 0 Å². The average Bonchev–Trinajstić information content (AvgIpc) is 3.12. The molecule has 4 aliphatic heterocycles. The summed E-state index contributed by atoms with van der Waals surface area (Å²) in [6.07, 6.45) is 8.05. The van der Waals surface area contributed by atoms with E-state index in [9.17, 15) is 19.5 Å². The topological polar surface area (TPSA) is 90.4 Å². The van der Waals surface area contributed by atoms with E-state index in [0.717, 1.165) is 16.8 Å². The lowest BCUT2D eigenvalue weighted by molar-refractivity contribution is -0.149. The molecule has 1 unspecified atom stereocenters. The van der Waals surface area contributed by atoms with Gasteiger partial charge in [0, 0.05) is 32.4 Å². The van der Waals surface area contributed by atoms with Gasteiger partial charge in [0.25, 0.3) is 5.91 Å². The molecular formula is C27H33N3O5. The lowest BCUT2D eigenvalue weighted by atomic mass is 9.73. The van der Waals surface area contributed by atoms with E-state index < -0.39 is 29.1 Å². The van der Waals surface area contributed by atoms with Crippen LogP contribution >= 0.6 is 0 Å². The second-order valence-corrected chi connectivity index (χ2v) is 10.1. The standard InChI is InChI=1S/C27H33N3O5/c1-5-26-10-6-12-28(4)23(32)20(26)21-24(33)30(14-15-31)22-25(34)29(13-7-11-27(21,22)35-26)19-16-17(2)8-9-18(19)3/h6-11,16,20-22,31H,5,12-15H2,1-4H3/t20-,21+,22?,26+,27+/m1/s1. The second kappa shape index (κ2) is 8.31. The van der Waals surface area contributed by atoms with Crippen LogP contribution in [0.3, 0.4) is 0 Å². The Labute approximate surface area is 205 Å². The van der Waals surface area contributed by atoms with Crippen molar-refractivity contribution in [2.75, 3.05) is 38.2 Å². The number of nitrogens with zero attached hydrogens (tertiary/aromatic N) is 3. The maximum atomic E-state index is 14.3. The Balaban J connectivity index is 1.68. The zero-order valence-electron chi connectivity index (χ0n) is 20.7. The summed E-state index contributed by atoms with van der Waals surface area (Å²) >= 11 is 0. The summed E-state index contributed by atoms with van der Waals surface area (Å²) in [4.78, 5) is 46.6. The summed E-state index contributed by atoms with van der Waals surface area (Å²) in [5.41, 5.74) is 0.478. The first kappa shape index (κ1) is 23.8. The van der Waals surface area contributed by atoms with Gasteiger partial charge in [0.05, 0.1) is 24.0 Å². The first-order valence-corrected chi connectivity index (χ1v) is 12.3. The molecule has 5 atom stereocenters. The van der Waals surface area contributed by atoms with E-state index in [0.29, 0.717) is 19.5 Å². The Bertz CT molecular complexity index is 1150. The molecule has 3 amide bonds. The molecule has 2 saturated heterocycles. The minimum Gasteiger partial charge on any atom is -0.395 e. The number of amides is 3. The number of aliphatic hydroxyl groups is 1. The van der Waals surface area contributed by atoms with Crippen LogP contribution in [0.25, 0.3) is 0 Å². The first-order chi connectivity index (χ1) is 16.7. The molecule has 0 aliphatic carbocycles. The number of aryl methyl sites for hydroxylation is 2. The van der Waals surface area contributed by atoms with Gasteiger partial charge >= 0.3 is 0 Å². The largest absolute Gasteiger partial charge is 0.395 e. The summed E-state index contributed by atoms with van der Waals surface area (Å²) < 4.78 is 6.84. The van der Waals surface area contributed by atoms with Crippen molar-refractivity contribution in [3.8, 4) is 0 Å². The molecule has 2 fully saturated rings. The fourth-order valence-electron chi connectivity index (χ4n) is 6.46. The molecule has 0 aromatic heterocycles. The lowest BCUT2D eigenvalue weighted by Crippen LogP contribution is -2.56. The molecule has 1 aromatic carbocycles. The number of aliphatic hydroxyl groups excluding tert-OH is 1. The number of ether oxygens (including phenoxy) is 1. The van der Waals surface area contributed by atoms with Gasteiger partial charge in [0.2, 0.25) is 11.8 Å². The fraction of sp³-hybridized carbons (Fsp3) is 0.519. The van der Waals surface area contributed by atoms with Gasteiger partial charge in [-0.2, -0.15) is 0 Å². The highest BCUT2D eigenvalue weighted by Crippen LogP contribution is 2.58. The van der Waals surface area contributed by atoms with Crippen LogP contribution in [0.15, 0.2) is 42.5 Å². The SMILES string of the molecule is CC[C@]12C=CCN(C)C(=O)[C@H]1[C@H]1C(=O)N(CCO)C3C(=O)N(c4cc(C)ccc4C)CC=C[C@@]31O2. The van der Waals surface area contributed by atoms with E-state index in [-0.39, 0.29) is 30.9 Å². The summed E-state index contributed by atoms with van der Waals surface area (Å²) in [7, 11) is 1.72. The molecular weight excluding hydrogens is 446 g/mol. The van der Waals surface area contributed by atoms with E-state index in [4.69, 9.17) is 4.74 Å². The highest BCUT2D eigenvalue weighted by Gasteiger charge is 2.75. The number of β-amino-alcohol motifs (C(OH)–C–C–N with tert-alkyl or cyclic N) is 1. The molecule has 4 heterocycles. The smallest absolute Gasteiger partial charge is 0.253 e. The van der Waals surface area contributed by atoms with E-state index in [1.165, 1.54) is 4.90 Å². The van der Waals surface area contributed by atoms with Gasteiger partial charge in [0.15, 0.2) is 0 Å². The van der Waals surface area contributed by atoms with Crippen molar-refractivity contribution in [2.45, 2.75) is 44.4 Å². The van der Waals surface area contributed by atoms with Gasteiger partial charge in [-0.1, -0.05) is 43.4 Å². The number of carbonyl (C=O) groups excluding carboxylic acids is 3. The highest BCUT2D eigenvalue weighted by atomic mass is 16.5. The summed E-state index contributed by atoms with van der Waals surface area (Å²) in [6.45, 7) is 6.35. The molecule has 8 nitrogen and oxygen atoms in total. The molecule has 8 heteroatoms. The van der Waals surface area contributed by atoms with Crippen molar-refractivity contribution in [2.24, 2.45) is 11.8 Å². The molecule has 0 radical (unpaired) electrons. The van der Waals surface area contributed by atoms with E-state index in [2.05, 4.69) is 0 Å². The number of fused-ring (bicyclic) bond motifs is 2. The first-order valence-electron chi connectivity index (χ1n) is 12.3. The Morgan fingerprint density at radius 3 is 2.49 bits per heavy atom. The zero-order chi connectivity index (χ0) is 25.1. The van der Waals surface area contributed by atoms with Gasteiger partial charge in [-0.15, -0.1) is 0 Å². The van der Waals surface area contributed by atoms with Gasteiger partial charge in [-0.05, 0) is 37.5 Å². The molecule has 1 spiro atoms. The Morgan fingerprint density at radius 2 is 1.77 bits per heavy atom. The molecule has 0 saturated carbocycles. The van der Waals surface area contributed by atoms with Gasteiger partial charge < -0.3 is 24.5 Å². The number of likely N-dealkylation sites (tertiary alicyclic amines) is 1. The van der Waals surface area contributed by atoms with Crippen molar-refractivity contribution >= 4 is 23.4 Å². The van der Waals surface area contributed by atoms with Gasteiger partial charge in [-0.3, -0.25) is 14.4 Å². The second-order valence-electron chi connectivity index (χ2n) is 10.1. The maximum Gasteiger partial charge on any atom is 0.253 e. The van der Waals surface area contributed by atoms with Crippen LogP contribution in [0, 0.1) is 25.7 Å². The Morgan fingerprint density at radius 1 is 1.03 bits per heavy atom. The predicted octanol–water partition coefficient (Wildman–Crippen LogP) is 1.59. The van der Waals surface area contributed by atoms with Crippen LogP contribution in [0.5, 0.6) is 0 Å². The Hall–Kier alpha value is -2.97. The third-order valence-electron chi connectivity index (χ3n) is 8.14. The molecule has 1 aromatic rings. The lowest BCUT2D eigenvalue weighted by Gasteiger charge is -2.38. The third-order valence-corrected chi connectivity index (χ3v) is 8.14. The van der Waals surface area contributed by atoms with Gasteiger partial charge in [0.1, 0.15) is 11.6 Å². The van der Waals surface area contributed by atoms with Crippen molar-refractivity contribution < 1.29 is 24.2 Å². The zero-order valence-corrected chi connectivity index (χ0v) is 20.7. The number of hydrogen-bond acceptors (Lipinski definition) is 5. The number of anilines is 1. The molecule has 35 heavy (non-hydrogen) atoms. The Kier molecular flexibility index (Phi) is 5.64. The third kappa shape index (κ3) is 3.23. The number of benzene rings is 1. The quantitative estimate of drug-likeness (QED) is 0.663. The minimum atomic E-state index is -1.30. The van der Waals surface area contributed by atoms with Crippen LogP contribution in [-0.2, 0) is 19.1 Å².